The lowest BCUT2D eigenvalue weighted by Gasteiger charge is -2.15. The Morgan fingerprint density at radius 2 is 1.81 bits per heavy atom. The molecule has 2 rings (SSSR count). The summed E-state index contributed by atoms with van der Waals surface area (Å²) >= 11 is 0. The van der Waals surface area contributed by atoms with Crippen LogP contribution in [0.2, 0.25) is 0 Å². The minimum Gasteiger partial charge on any atom is -0.368 e. The van der Waals surface area contributed by atoms with E-state index >= 15 is 0 Å². The van der Waals surface area contributed by atoms with Gasteiger partial charge in [0.25, 0.3) is 0 Å². The maximum absolute atomic E-state index is 12.9. The fourth-order valence-corrected chi connectivity index (χ4v) is 2.15. The van der Waals surface area contributed by atoms with Crippen molar-refractivity contribution in [2.24, 2.45) is 4.99 Å². The van der Waals surface area contributed by atoms with E-state index in [4.69, 9.17) is 0 Å². The zero-order valence-corrected chi connectivity index (χ0v) is 14.1. The molecule has 0 amide bonds. The third-order valence-electron chi connectivity index (χ3n) is 3.42. The number of benzene rings is 1. The number of pyridine rings is 1. The predicted molar refractivity (Wildman–Crippen MR) is 92.3 cm³/mol. The summed E-state index contributed by atoms with van der Waals surface area (Å²) in [7, 11) is 1.58. The average Bonchev–Trinajstić information content (AvgIpc) is 2.62. The summed E-state index contributed by atoms with van der Waals surface area (Å²) in [5.41, 5.74) is 0.0644. The van der Waals surface area contributed by atoms with E-state index in [9.17, 15) is 17.6 Å². The number of hydrogen-bond donors (Lipinski definition) is 3. The summed E-state index contributed by atoms with van der Waals surface area (Å²) in [6.45, 7) is 0.986. The van der Waals surface area contributed by atoms with Crippen molar-refractivity contribution in [2.45, 2.75) is 12.7 Å². The number of aromatic nitrogens is 1. The standard InChI is InChI=1S/C17H19F4N5/c1-22-16(26-11-12-4-6-13(18)7-5-12)25-10-9-24-15-14(17(19,20)21)3-2-8-23-15/h2-8H,9-11H2,1H3,(H,23,24)(H2,22,25,26). The van der Waals surface area contributed by atoms with E-state index in [-0.39, 0.29) is 18.2 Å². The van der Waals surface area contributed by atoms with Gasteiger partial charge in [-0.3, -0.25) is 4.99 Å². The van der Waals surface area contributed by atoms with Crippen LogP contribution in [0.1, 0.15) is 11.1 Å². The maximum Gasteiger partial charge on any atom is 0.419 e. The topological polar surface area (TPSA) is 61.3 Å². The number of rotatable bonds is 6. The highest BCUT2D eigenvalue weighted by Crippen LogP contribution is 2.33. The molecule has 1 aromatic carbocycles. The molecule has 0 spiro atoms. The SMILES string of the molecule is CN=C(NCCNc1ncccc1C(F)(F)F)NCc1ccc(F)cc1. The van der Waals surface area contributed by atoms with Gasteiger partial charge in [0.2, 0.25) is 0 Å². The Labute approximate surface area is 148 Å². The molecule has 0 atom stereocenters. The van der Waals surface area contributed by atoms with Crippen molar-refractivity contribution in [2.75, 3.05) is 25.5 Å². The first-order valence-electron chi connectivity index (χ1n) is 7.85. The van der Waals surface area contributed by atoms with Crippen molar-refractivity contribution in [3.8, 4) is 0 Å². The highest BCUT2D eigenvalue weighted by molar-refractivity contribution is 5.79. The molecule has 0 radical (unpaired) electrons. The van der Waals surface area contributed by atoms with Crippen molar-refractivity contribution < 1.29 is 17.6 Å². The molecular formula is C17H19F4N5. The molecule has 0 saturated carbocycles. The lowest BCUT2D eigenvalue weighted by Crippen LogP contribution is -2.39. The average molecular weight is 369 g/mol. The Hall–Kier alpha value is -2.84. The smallest absolute Gasteiger partial charge is 0.368 e. The number of guanidine groups is 1. The van der Waals surface area contributed by atoms with E-state index in [0.29, 0.717) is 19.0 Å². The van der Waals surface area contributed by atoms with Gasteiger partial charge >= 0.3 is 6.18 Å². The second-order valence-corrected chi connectivity index (χ2v) is 5.30. The Morgan fingerprint density at radius 3 is 2.46 bits per heavy atom. The molecule has 3 N–H and O–H groups in total. The Balaban J connectivity index is 1.79. The van der Waals surface area contributed by atoms with E-state index in [0.717, 1.165) is 11.6 Å². The lowest BCUT2D eigenvalue weighted by molar-refractivity contribution is -0.137. The highest BCUT2D eigenvalue weighted by Gasteiger charge is 2.33. The summed E-state index contributed by atoms with van der Waals surface area (Å²) in [5, 5.41) is 8.67. The molecule has 140 valence electrons. The van der Waals surface area contributed by atoms with Crippen molar-refractivity contribution in [1.82, 2.24) is 15.6 Å². The zero-order valence-electron chi connectivity index (χ0n) is 14.1. The van der Waals surface area contributed by atoms with Gasteiger partial charge < -0.3 is 16.0 Å². The van der Waals surface area contributed by atoms with Crippen LogP contribution < -0.4 is 16.0 Å². The monoisotopic (exact) mass is 369 g/mol. The molecule has 0 unspecified atom stereocenters. The summed E-state index contributed by atoms with van der Waals surface area (Å²) in [4.78, 5) is 7.75. The highest BCUT2D eigenvalue weighted by atomic mass is 19.4. The minimum absolute atomic E-state index is 0.212. The number of hydrogen-bond acceptors (Lipinski definition) is 3. The molecule has 9 heteroatoms. The van der Waals surface area contributed by atoms with Crippen LogP contribution in [0, 0.1) is 5.82 Å². The molecule has 5 nitrogen and oxygen atoms in total. The van der Waals surface area contributed by atoms with E-state index in [1.807, 2.05) is 0 Å². The maximum atomic E-state index is 12.9. The van der Waals surface area contributed by atoms with E-state index in [2.05, 4.69) is 25.9 Å². The molecule has 26 heavy (non-hydrogen) atoms. The first-order valence-corrected chi connectivity index (χ1v) is 7.85. The number of anilines is 1. The van der Waals surface area contributed by atoms with E-state index in [1.165, 1.54) is 24.4 Å². The first-order chi connectivity index (χ1) is 12.4. The largest absolute Gasteiger partial charge is 0.419 e. The number of halogens is 4. The lowest BCUT2D eigenvalue weighted by atomic mass is 10.2. The van der Waals surface area contributed by atoms with Gasteiger partial charge in [-0.05, 0) is 29.8 Å². The van der Waals surface area contributed by atoms with Crippen molar-refractivity contribution in [1.29, 1.82) is 0 Å². The van der Waals surface area contributed by atoms with Gasteiger partial charge in [-0.15, -0.1) is 0 Å². The van der Waals surface area contributed by atoms with Crippen LogP contribution in [-0.4, -0.2) is 31.1 Å². The molecule has 0 bridgehead atoms. The van der Waals surface area contributed by atoms with Crippen molar-refractivity contribution >= 4 is 11.8 Å². The quantitative estimate of drug-likeness (QED) is 0.317. The molecule has 1 aromatic heterocycles. The Kier molecular flexibility index (Phi) is 6.76. The third-order valence-corrected chi connectivity index (χ3v) is 3.42. The van der Waals surface area contributed by atoms with Gasteiger partial charge in [-0.25, -0.2) is 9.37 Å². The van der Waals surface area contributed by atoms with Gasteiger partial charge in [-0.1, -0.05) is 12.1 Å². The molecule has 2 aromatic rings. The number of alkyl halides is 3. The number of nitrogens with one attached hydrogen (secondary N) is 3. The number of nitrogens with zero attached hydrogens (tertiary/aromatic N) is 2. The molecule has 0 fully saturated rings. The van der Waals surface area contributed by atoms with Gasteiger partial charge in [-0.2, -0.15) is 13.2 Å². The van der Waals surface area contributed by atoms with Crippen LogP contribution in [0.5, 0.6) is 0 Å². The van der Waals surface area contributed by atoms with Crippen LogP contribution in [-0.2, 0) is 12.7 Å². The third kappa shape index (κ3) is 5.91. The molecule has 1 heterocycles. The van der Waals surface area contributed by atoms with Crippen LogP contribution in [0.3, 0.4) is 0 Å². The van der Waals surface area contributed by atoms with Crippen LogP contribution in [0.4, 0.5) is 23.4 Å². The number of aliphatic imine (C=N–C) groups is 1. The zero-order chi connectivity index (χ0) is 19.0. The summed E-state index contributed by atoms with van der Waals surface area (Å²) in [6.07, 6.45) is -3.16. The van der Waals surface area contributed by atoms with Gasteiger partial charge in [0, 0.05) is 32.9 Å². The van der Waals surface area contributed by atoms with Crippen LogP contribution in [0.25, 0.3) is 0 Å². The minimum atomic E-state index is -4.46. The first kappa shape index (κ1) is 19.5. The second kappa shape index (κ2) is 9.02. The van der Waals surface area contributed by atoms with E-state index in [1.54, 1.807) is 19.2 Å². The van der Waals surface area contributed by atoms with Crippen molar-refractivity contribution in [3.05, 3.63) is 59.5 Å². The predicted octanol–water partition coefficient (Wildman–Crippen LogP) is 3.02. The van der Waals surface area contributed by atoms with Gasteiger partial charge in [0.15, 0.2) is 5.96 Å². The molecular weight excluding hydrogens is 350 g/mol. The molecule has 0 saturated heterocycles. The van der Waals surface area contributed by atoms with Crippen molar-refractivity contribution in [3.63, 3.8) is 0 Å². The summed E-state index contributed by atoms with van der Waals surface area (Å²) in [5.74, 6) is -0.0423. The Morgan fingerprint density at radius 1 is 1.08 bits per heavy atom. The molecule has 0 aliphatic heterocycles. The fourth-order valence-electron chi connectivity index (χ4n) is 2.15. The second-order valence-electron chi connectivity index (χ2n) is 5.30. The van der Waals surface area contributed by atoms with Crippen LogP contribution >= 0.6 is 0 Å². The van der Waals surface area contributed by atoms with Gasteiger partial charge in [0.05, 0.1) is 5.56 Å². The van der Waals surface area contributed by atoms with Crippen LogP contribution in [0.15, 0.2) is 47.6 Å². The van der Waals surface area contributed by atoms with Gasteiger partial charge in [0.1, 0.15) is 11.6 Å². The normalized spacial score (nSPS) is 12.0. The molecule has 0 aliphatic rings. The molecule has 0 aliphatic carbocycles. The fraction of sp³-hybridized carbons (Fsp3) is 0.294. The summed E-state index contributed by atoms with van der Waals surface area (Å²) in [6, 6.07) is 8.25. The van der Waals surface area contributed by atoms with E-state index < -0.39 is 11.7 Å². The summed E-state index contributed by atoms with van der Waals surface area (Å²) < 4.78 is 51.5. The Bertz CT molecular complexity index is 729.